The lowest BCUT2D eigenvalue weighted by Gasteiger charge is -2.11. The highest BCUT2D eigenvalue weighted by molar-refractivity contribution is 5.91. The fourth-order valence-electron chi connectivity index (χ4n) is 1.59. The molecule has 1 aromatic heterocycles. The van der Waals surface area contributed by atoms with Crippen LogP contribution in [0.15, 0.2) is 42.6 Å². The van der Waals surface area contributed by atoms with E-state index in [4.69, 9.17) is 4.74 Å². The van der Waals surface area contributed by atoms with Gasteiger partial charge in [0.1, 0.15) is 17.8 Å². The zero-order valence-electron chi connectivity index (χ0n) is 11.6. The van der Waals surface area contributed by atoms with Crippen LogP contribution in [0.1, 0.15) is 0 Å². The van der Waals surface area contributed by atoms with Gasteiger partial charge in [0.25, 0.3) is 5.69 Å². The number of pyridine rings is 1. The number of hydrazine groups is 1. The zero-order chi connectivity index (χ0) is 15.9. The monoisotopic (exact) mass is 303 g/mol. The maximum Gasteiger partial charge on any atom is 0.338 e. The molecule has 0 saturated heterocycles. The van der Waals surface area contributed by atoms with Crippen LogP contribution in [-0.4, -0.2) is 23.0 Å². The minimum absolute atomic E-state index is 0.135. The Labute approximate surface area is 125 Å². The minimum Gasteiger partial charge on any atom is -0.495 e. The molecule has 0 aliphatic carbocycles. The van der Waals surface area contributed by atoms with E-state index in [2.05, 4.69) is 21.2 Å². The highest BCUT2D eigenvalue weighted by Gasteiger charge is 2.08. The first-order valence-corrected chi connectivity index (χ1v) is 6.16. The largest absolute Gasteiger partial charge is 0.495 e. The number of hydrogen-bond acceptors (Lipinski definition) is 6. The quantitative estimate of drug-likeness (QED) is 0.575. The lowest BCUT2D eigenvalue weighted by atomic mass is 10.3. The molecule has 1 aromatic carbocycles. The van der Waals surface area contributed by atoms with Crippen molar-refractivity contribution in [2.75, 3.05) is 17.9 Å². The molecule has 114 valence electrons. The second-order valence-corrected chi connectivity index (χ2v) is 4.06. The van der Waals surface area contributed by atoms with Crippen LogP contribution in [0.3, 0.4) is 0 Å². The van der Waals surface area contributed by atoms with Gasteiger partial charge in [-0.2, -0.15) is 0 Å². The highest BCUT2D eigenvalue weighted by atomic mass is 16.6. The summed E-state index contributed by atoms with van der Waals surface area (Å²) in [6.07, 6.45) is 1.09. The van der Waals surface area contributed by atoms with Crippen molar-refractivity contribution < 1.29 is 14.5 Å². The number of anilines is 2. The normalized spacial score (nSPS) is 9.68. The molecule has 3 N–H and O–H groups in total. The standard InChI is InChI=1S/C13H13N5O4/c1-22-11-5-3-2-4-10(11)15-13(19)17-16-12-7-6-9(8-14-12)18(20)21/h2-8H,1H3,(H,14,16)(H2,15,17,19). The minimum atomic E-state index is -0.557. The average Bonchev–Trinajstić information content (AvgIpc) is 2.54. The fourth-order valence-corrected chi connectivity index (χ4v) is 1.59. The number of nitrogens with one attached hydrogen (secondary N) is 3. The number of nitrogens with zero attached hydrogens (tertiary/aromatic N) is 2. The van der Waals surface area contributed by atoms with Gasteiger partial charge in [-0.3, -0.25) is 21.0 Å². The number of para-hydroxylation sites is 2. The summed E-state index contributed by atoms with van der Waals surface area (Å²) in [4.78, 5) is 25.5. The first kappa shape index (κ1) is 15.0. The van der Waals surface area contributed by atoms with Crippen molar-refractivity contribution in [2.24, 2.45) is 0 Å². The predicted molar refractivity (Wildman–Crippen MR) is 79.7 cm³/mol. The molecule has 0 saturated carbocycles. The molecule has 9 heteroatoms. The van der Waals surface area contributed by atoms with E-state index in [9.17, 15) is 14.9 Å². The highest BCUT2D eigenvalue weighted by Crippen LogP contribution is 2.22. The summed E-state index contributed by atoms with van der Waals surface area (Å²) >= 11 is 0. The zero-order valence-corrected chi connectivity index (χ0v) is 11.6. The van der Waals surface area contributed by atoms with Gasteiger partial charge in [0.05, 0.1) is 17.7 Å². The second-order valence-electron chi connectivity index (χ2n) is 4.06. The summed E-state index contributed by atoms with van der Waals surface area (Å²) in [6.45, 7) is 0. The first-order valence-electron chi connectivity index (χ1n) is 6.16. The Hall–Kier alpha value is -3.36. The van der Waals surface area contributed by atoms with E-state index in [1.807, 2.05) is 0 Å². The molecule has 2 amide bonds. The Bertz CT molecular complexity index is 674. The number of urea groups is 1. The maximum atomic E-state index is 11.8. The first-order chi connectivity index (χ1) is 10.6. The number of aromatic nitrogens is 1. The van der Waals surface area contributed by atoms with E-state index in [0.29, 0.717) is 11.4 Å². The van der Waals surface area contributed by atoms with E-state index in [0.717, 1.165) is 6.20 Å². The molecular formula is C13H13N5O4. The Morgan fingerprint density at radius 2 is 2.05 bits per heavy atom. The van der Waals surface area contributed by atoms with Gasteiger partial charge in [0.2, 0.25) is 0 Å². The van der Waals surface area contributed by atoms with E-state index in [1.54, 1.807) is 24.3 Å². The van der Waals surface area contributed by atoms with Crippen LogP contribution in [0.2, 0.25) is 0 Å². The van der Waals surface area contributed by atoms with Gasteiger partial charge in [0.15, 0.2) is 0 Å². The molecule has 2 rings (SSSR count). The fraction of sp³-hybridized carbons (Fsp3) is 0.0769. The lowest BCUT2D eigenvalue weighted by molar-refractivity contribution is -0.385. The van der Waals surface area contributed by atoms with Gasteiger partial charge in [-0.1, -0.05) is 12.1 Å². The van der Waals surface area contributed by atoms with Crippen LogP contribution >= 0.6 is 0 Å². The van der Waals surface area contributed by atoms with Gasteiger partial charge in [-0.05, 0) is 18.2 Å². The predicted octanol–water partition coefficient (Wildman–Crippen LogP) is 2.15. The molecule has 9 nitrogen and oxygen atoms in total. The van der Waals surface area contributed by atoms with Crippen LogP contribution in [0.4, 0.5) is 22.0 Å². The van der Waals surface area contributed by atoms with Crippen LogP contribution in [0.5, 0.6) is 5.75 Å². The number of amides is 2. The summed E-state index contributed by atoms with van der Waals surface area (Å²) in [7, 11) is 1.50. The van der Waals surface area contributed by atoms with Crippen molar-refractivity contribution >= 4 is 23.2 Å². The molecule has 0 fully saturated rings. The Kier molecular flexibility index (Phi) is 4.70. The van der Waals surface area contributed by atoms with Crippen LogP contribution in [0, 0.1) is 10.1 Å². The van der Waals surface area contributed by atoms with Gasteiger partial charge in [-0.15, -0.1) is 0 Å². The molecule has 0 unspecified atom stereocenters. The van der Waals surface area contributed by atoms with Crippen molar-refractivity contribution in [1.82, 2.24) is 10.4 Å². The van der Waals surface area contributed by atoms with Gasteiger partial charge in [0, 0.05) is 6.07 Å². The number of nitro groups is 1. The number of methoxy groups -OCH3 is 1. The van der Waals surface area contributed by atoms with Gasteiger partial charge >= 0.3 is 6.03 Å². The van der Waals surface area contributed by atoms with E-state index < -0.39 is 11.0 Å². The molecule has 0 aliphatic rings. The molecular weight excluding hydrogens is 290 g/mol. The smallest absolute Gasteiger partial charge is 0.338 e. The van der Waals surface area contributed by atoms with E-state index in [1.165, 1.54) is 19.2 Å². The number of hydrogen-bond donors (Lipinski definition) is 3. The molecule has 22 heavy (non-hydrogen) atoms. The summed E-state index contributed by atoms with van der Waals surface area (Å²) in [5, 5.41) is 13.1. The molecule has 0 spiro atoms. The SMILES string of the molecule is COc1ccccc1NC(=O)NNc1ccc([N+](=O)[O-])cn1. The summed E-state index contributed by atoms with van der Waals surface area (Å²) < 4.78 is 5.11. The third-order valence-corrected chi connectivity index (χ3v) is 2.62. The van der Waals surface area contributed by atoms with Gasteiger partial charge in [-0.25, -0.2) is 9.78 Å². The molecule has 0 bridgehead atoms. The maximum absolute atomic E-state index is 11.8. The Balaban J connectivity index is 1.91. The number of benzene rings is 1. The molecule has 0 radical (unpaired) electrons. The molecule has 0 aliphatic heterocycles. The Morgan fingerprint density at radius 1 is 1.27 bits per heavy atom. The Morgan fingerprint density at radius 3 is 2.68 bits per heavy atom. The summed E-state index contributed by atoms with van der Waals surface area (Å²) in [5.74, 6) is 0.784. The van der Waals surface area contributed by atoms with Crippen molar-refractivity contribution in [3.63, 3.8) is 0 Å². The van der Waals surface area contributed by atoms with Crippen molar-refractivity contribution in [3.05, 3.63) is 52.7 Å². The van der Waals surface area contributed by atoms with Crippen molar-refractivity contribution in [2.45, 2.75) is 0 Å². The third kappa shape index (κ3) is 3.82. The van der Waals surface area contributed by atoms with E-state index in [-0.39, 0.29) is 11.5 Å². The molecule has 1 heterocycles. The van der Waals surface area contributed by atoms with Crippen LogP contribution < -0.4 is 20.9 Å². The average molecular weight is 303 g/mol. The van der Waals surface area contributed by atoms with Crippen molar-refractivity contribution in [3.8, 4) is 5.75 Å². The topological polar surface area (TPSA) is 118 Å². The molecule has 2 aromatic rings. The van der Waals surface area contributed by atoms with Crippen LogP contribution in [-0.2, 0) is 0 Å². The van der Waals surface area contributed by atoms with Crippen molar-refractivity contribution in [1.29, 1.82) is 0 Å². The number of carbonyl (C=O) groups excluding carboxylic acids is 1. The van der Waals surface area contributed by atoms with Gasteiger partial charge < -0.3 is 10.1 Å². The third-order valence-electron chi connectivity index (χ3n) is 2.62. The van der Waals surface area contributed by atoms with E-state index >= 15 is 0 Å². The number of carbonyl (C=O) groups is 1. The van der Waals surface area contributed by atoms with Crippen LogP contribution in [0.25, 0.3) is 0 Å². The second kappa shape index (κ2) is 6.88. The molecule has 0 atom stereocenters. The lowest BCUT2D eigenvalue weighted by Crippen LogP contribution is -2.34. The number of rotatable bonds is 5. The number of ether oxygens (including phenoxy) is 1. The summed E-state index contributed by atoms with van der Waals surface area (Å²) in [6, 6.07) is 9.04. The summed E-state index contributed by atoms with van der Waals surface area (Å²) in [5.41, 5.74) is 5.26.